The topological polar surface area (TPSA) is 100 Å². The monoisotopic (exact) mass is 827 g/mol. The van der Waals surface area contributed by atoms with Crippen molar-refractivity contribution in [3.8, 4) is 0 Å². The predicted molar refractivity (Wildman–Crippen MR) is 222 cm³/mol. The van der Waals surface area contributed by atoms with Crippen molar-refractivity contribution in [3.63, 3.8) is 0 Å². The summed E-state index contributed by atoms with van der Waals surface area (Å²) in [6.07, 6.45) is 8.52. The molecule has 0 amide bonds. The first-order valence-electron chi connectivity index (χ1n) is 23.3. The molecule has 10 fully saturated rings. The van der Waals surface area contributed by atoms with Crippen LogP contribution in [0.25, 0.3) is 0 Å². The summed E-state index contributed by atoms with van der Waals surface area (Å²) < 4.78 is 61.6. The van der Waals surface area contributed by atoms with Gasteiger partial charge < -0.3 is 42.3 Å². The Morgan fingerprint density at radius 2 is 1.47 bits per heavy atom. The molecular weight excluding hydrogens is 753 g/mol. The molecule has 0 aromatic rings. The molecule has 19 atom stereocenters. The Morgan fingerprint density at radius 3 is 2.26 bits per heavy atom. The van der Waals surface area contributed by atoms with Crippen molar-refractivity contribution in [1.82, 2.24) is 0 Å². The van der Waals surface area contributed by atoms with Crippen LogP contribution < -0.4 is 0 Å². The van der Waals surface area contributed by atoms with E-state index < -0.39 is 14.1 Å². The van der Waals surface area contributed by atoms with Gasteiger partial charge in [-0.1, -0.05) is 54.7 Å². The maximum absolute atomic E-state index is 14.3. The van der Waals surface area contributed by atoms with Crippen LogP contribution in [0.1, 0.15) is 125 Å². The third-order valence-electron chi connectivity index (χ3n) is 16.6. The number of carbonyl (C=O) groups is 1. The van der Waals surface area contributed by atoms with Crippen LogP contribution >= 0.6 is 0 Å². The molecule has 0 N–H and O–H groups in total. The largest absolute Gasteiger partial charge is 0.417 e. The number of carbonyl (C=O) groups excluding carboxylic acids is 1. The van der Waals surface area contributed by atoms with Gasteiger partial charge in [-0.2, -0.15) is 0 Å². The fourth-order valence-corrected chi connectivity index (χ4v) is 13.1. The molecule has 58 heavy (non-hydrogen) atoms. The number of hydrogen-bond donors (Lipinski definition) is 0. The number of ketones is 1. The van der Waals surface area contributed by atoms with E-state index in [0.717, 1.165) is 76.4 Å². The van der Waals surface area contributed by atoms with Crippen LogP contribution in [0.3, 0.4) is 0 Å². The predicted octanol–water partition coefficient (Wildman–Crippen LogP) is 8.40. The zero-order valence-electron chi connectivity index (χ0n) is 36.8. The Bertz CT molecular complexity index is 1560. The average molecular weight is 827 g/mol. The van der Waals surface area contributed by atoms with E-state index in [1.54, 1.807) is 0 Å². The van der Waals surface area contributed by atoms with Gasteiger partial charge in [0.2, 0.25) is 0 Å². The van der Waals surface area contributed by atoms with Gasteiger partial charge in [-0.3, -0.25) is 4.79 Å². The molecule has 10 aliphatic heterocycles. The molecule has 3 unspecified atom stereocenters. The van der Waals surface area contributed by atoms with Gasteiger partial charge in [0, 0.05) is 38.7 Å². The van der Waals surface area contributed by atoms with Gasteiger partial charge in [-0.15, -0.1) is 0 Å². The third kappa shape index (κ3) is 8.07. The van der Waals surface area contributed by atoms with Crippen molar-refractivity contribution in [1.29, 1.82) is 0 Å². The van der Waals surface area contributed by atoms with E-state index in [9.17, 15) is 4.79 Å². The van der Waals surface area contributed by atoms with Gasteiger partial charge in [0.15, 0.2) is 14.1 Å². The standard InChI is InChI=1S/C47H74O10Si/c1-25(24-49-58(9,10)46(6,7)8)17-37-29(5)34-21-30(48)20-32-12-14-36-41(52-32)45-44-43(54-36)42-40(55-44)23-47(56-42,57-45)16-15-33-19-27(3)35(50-33)13-11-31-18-26(2)28(4)38(51-31)22-39(34)53-37/h25-26,29,31-45H,3-4,11-24H2,1-2,5-10H3/t25-,26+,29+,31-,32+,33?,34+,35-,36-,37+,38+,39?,40+,41-,42-,43-,44+,45?,47-/m0/s1. The number of ether oxygens (including phenoxy) is 8. The molecule has 10 heterocycles. The van der Waals surface area contributed by atoms with Crippen molar-refractivity contribution in [2.45, 2.75) is 234 Å². The number of Topliss-reactive ketones (excluding diaryl/α,β-unsaturated/α-hetero) is 1. The highest BCUT2D eigenvalue weighted by Gasteiger charge is 2.68. The summed E-state index contributed by atoms with van der Waals surface area (Å²) in [6, 6.07) is 0. The number of rotatable bonds is 5. The Kier molecular flexibility index (Phi) is 11.7. The van der Waals surface area contributed by atoms with Gasteiger partial charge in [0.05, 0.1) is 54.9 Å². The summed E-state index contributed by atoms with van der Waals surface area (Å²) in [5, 5.41) is 0.162. The van der Waals surface area contributed by atoms with E-state index >= 15 is 0 Å². The quantitative estimate of drug-likeness (QED) is 0.199. The molecule has 11 heteroatoms. The highest BCUT2D eigenvalue weighted by atomic mass is 28.4. The maximum Gasteiger partial charge on any atom is 0.191 e. The first-order valence-corrected chi connectivity index (χ1v) is 26.2. The van der Waals surface area contributed by atoms with Gasteiger partial charge in [-0.25, -0.2) is 0 Å². The van der Waals surface area contributed by atoms with Crippen LogP contribution in [-0.4, -0.2) is 112 Å². The maximum atomic E-state index is 14.3. The molecule has 326 valence electrons. The van der Waals surface area contributed by atoms with Crippen LogP contribution in [-0.2, 0) is 47.1 Å². The SMILES string of the molecule is C=C1CC2CC[C@@]34C[C@H]5O[C@H]6C(O3)[C@H]3O[C@H](CC[C@@H]3O[C@H]6[C@H]5O4)CC(=O)C[C@H]3C(C[C@H]4O[C@@H](CC[C@@H]1O2)C[C@@H](C)C4=C)O[C@H](C[C@H](C)CO[Si](C)(C)C(C)(C)C)[C@@H]3C. The molecule has 10 nitrogen and oxygen atoms in total. The average Bonchev–Trinajstić information content (AvgIpc) is 3.82. The fourth-order valence-electron chi connectivity index (χ4n) is 11.9. The van der Waals surface area contributed by atoms with E-state index in [1.807, 2.05) is 0 Å². The summed E-state index contributed by atoms with van der Waals surface area (Å²) in [5.41, 5.74) is 2.32. The van der Waals surface area contributed by atoms with Crippen LogP contribution in [0, 0.1) is 23.7 Å². The lowest BCUT2D eigenvalue weighted by molar-refractivity contribution is -0.292. The Balaban J connectivity index is 0.953. The molecule has 10 saturated heterocycles. The highest BCUT2D eigenvalue weighted by Crippen LogP contribution is 2.54. The minimum Gasteiger partial charge on any atom is -0.417 e. The molecule has 0 aromatic heterocycles. The molecule has 10 aliphatic rings. The van der Waals surface area contributed by atoms with E-state index in [-0.39, 0.29) is 108 Å². The zero-order chi connectivity index (χ0) is 40.9. The fraction of sp³-hybridized carbons (Fsp3) is 0.894. The van der Waals surface area contributed by atoms with Gasteiger partial charge in [0.1, 0.15) is 36.3 Å². The Labute approximate surface area is 349 Å². The minimum absolute atomic E-state index is 0.0185. The van der Waals surface area contributed by atoms with E-state index in [0.29, 0.717) is 31.1 Å². The van der Waals surface area contributed by atoms with Gasteiger partial charge >= 0.3 is 0 Å². The second-order valence-electron chi connectivity index (χ2n) is 21.9. The Hall–Kier alpha value is -0.993. The number of hydrogen-bond acceptors (Lipinski definition) is 10. The van der Waals surface area contributed by atoms with Crippen molar-refractivity contribution in [2.75, 3.05) is 6.61 Å². The molecule has 0 radical (unpaired) electrons. The molecule has 12 bridgehead atoms. The summed E-state index contributed by atoms with van der Waals surface area (Å²) in [5.74, 6) is 0.467. The van der Waals surface area contributed by atoms with Gasteiger partial charge in [0.25, 0.3) is 0 Å². The third-order valence-corrected chi connectivity index (χ3v) is 21.1. The van der Waals surface area contributed by atoms with Gasteiger partial charge in [-0.05, 0) is 104 Å². The molecule has 0 aromatic carbocycles. The second kappa shape index (κ2) is 16.0. The lowest BCUT2D eigenvalue weighted by atomic mass is 9.78. The van der Waals surface area contributed by atoms with Crippen molar-refractivity contribution in [2.24, 2.45) is 23.7 Å². The molecule has 0 aliphatic carbocycles. The van der Waals surface area contributed by atoms with E-state index in [1.165, 1.54) is 5.57 Å². The van der Waals surface area contributed by atoms with Crippen LogP contribution in [0.4, 0.5) is 0 Å². The first kappa shape index (κ1) is 42.3. The number of fused-ring (bicyclic) bond motifs is 6. The molecule has 0 saturated carbocycles. The summed E-state index contributed by atoms with van der Waals surface area (Å²) in [7, 11) is -1.88. The van der Waals surface area contributed by atoms with Crippen molar-refractivity contribution in [3.05, 3.63) is 24.3 Å². The lowest BCUT2D eigenvalue weighted by Gasteiger charge is -2.47. The van der Waals surface area contributed by atoms with Crippen molar-refractivity contribution < 1.29 is 47.1 Å². The van der Waals surface area contributed by atoms with Crippen LogP contribution in [0.2, 0.25) is 18.1 Å². The summed E-state index contributed by atoms with van der Waals surface area (Å²) in [6.45, 7) is 28.2. The highest BCUT2D eigenvalue weighted by molar-refractivity contribution is 6.74. The second-order valence-corrected chi connectivity index (χ2v) is 26.7. The first-order chi connectivity index (χ1) is 27.5. The van der Waals surface area contributed by atoms with Crippen LogP contribution in [0.5, 0.6) is 0 Å². The Morgan fingerprint density at radius 1 is 0.759 bits per heavy atom. The molecular formula is C47H74O10Si. The summed E-state index contributed by atoms with van der Waals surface area (Å²) in [4.78, 5) is 14.3. The molecule has 1 spiro atoms. The normalized spacial score (nSPS) is 48.8. The molecule has 10 rings (SSSR count). The van der Waals surface area contributed by atoms with Crippen molar-refractivity contribution >= 4 is 14.1 Å². The minimum atomic E-state index is -1.88. The lowest BCUT2D eigenvalue weighted by Crippen LogP contribution is -2.61. The summed E-state index contributed by atoms with van der Waals surface area (Å²) >= 11 is 0. The van der Waals surface area contributed by atoms with E-state index in [2.05, 4.69) is 67.8 Å². The smallest absolute Gasteiger partial charge is 0.191 e. The van der Waals surface area contributed by atoms with E-state index in [4.69, 9.17) is 42.3 Å². The van der Waals surface area contributed by atoms with Crippen LogP contribution in [0.15, 0.2) is 24.3 Å². The zero-order valence-corrected chi connectivity index (χ0v) is 37.8.